The number of aromatic nitrogens is 4. The second kappa shape index (κ2) is 11.8. The molecule has 162 valence electrons. The van der Waals surface area contributed by atoms with Crippen molar-refractivity contribution in [3.05, 3.63) is 54.2 Å². The van der Waals surface area contributed by atoms with E-state index in [1.165, 1.54) is 19.6 Å². The van der Waals surface area contributed by atoms with Crippen molar-refractivity contribution >= 4 is 11.8 Å². The van der Waals surface area contributed by atoms with Gasteiger partial charge in [-0.2, -0.15) is 4.98 Å². The molecule has 2 aromatic heterocycles. The molecule has 3 aromatic rings. The molecule has 0 fully saturated rings. The minimum absolute atomic E-state index is 0.0935. The first-order valence-corrected chi connectivity index (χ1v) is 8.96. The van der Waals surface area contributed by atoms with Gasteiger partial charge in [0.05, 0.1) is 33.1 Å². The number of hydrogen-bond acceptors (Lipinski definition) is 10. The third-order valence-corrected chi connectivity index (χ3v) is 3.88. The zero-order chi connectivity index (χ0) is 22.6. The maximum absolute atomic E-state index is 5.79. The molecule has 31 heavy (non-hydrogen) atoms. The molecular formula is C21H24N6O4. The summed E-state index contributed by atoms with van der Waals surface area (Å²) in [5.74, 6) is 7.69. The summed E-state index contributed by atoms with van der Waals surface area (Å²) in [6, 6.07) is 5.32. The van der Waals surface area contributed by atoms with Crippen molar-refractivity contribution in [1.82, 2.24) is 19.9 Å². The van der Waals surface area contributed by atoms with Crippen LogP contribution in [0.5, 0.6) is 17.2 Å². The summed E-state index contributed by atoms with van der Waals surface area (Å²) < 4.78 is 21.5. The molecule has 0 aliphatic rings. The van der Waals surface area contributed by atoms with Crippen molar-refractivity contribution in [2.24, 2.45) is 0 Å². The molecule has 0 amide bonds. The Morgan fingerprint density at radius 2 is 1.58 bits per heavy atom. The first-order valence-electron chi connectivity index (χ1n) is 8.96. The lowest BCUT2D eigenvalue weighted by Gasteiger charge is -2.16. The Bertz CT molecular complexity index is 985. The fraction of sp³-hybridized carbons (Fsp3) is 0.238. The number of benzene rings is 1. The van der Waals surface area contributed by atoms with E-state index in [4.69, 9.17) is 30.4 Å². The highest BCUT2D eigenvalue weighted by atomic mass is 16.5. The van der Waals surface area contributed by atoms with E-state index >= 15 is 0 Å². The van der Waals surface area contributed by atoms with Gasteiger partial charge in [0.2, 0.25) is 11.7 Å². The summed E-state index contributed by atoms with van der Waals surface area (Å²) in [5, 5.41) is 0. The average Bonchev–Trinajstić information content (AvgIpc) is 2.81. The topological polar surface area (TPSA) is 141 Å². The lowest BCUT2D eigenvalue weighted by molar-refractivity contribution is 0.149. The van der Waals surface area contributed by atoms with E-state index in [1.807, 2.05) is 0 Å². The monoisotopic (exact) mass is 424 g/mol. The number of nitrogens with two attached hydrogens (primary N) is 2. The molecule has 0 saturated heterocycles. The third-order valence-electron chi connectivity index (χ3n) is 3.88. The molecule has 0 radical (unpaired) electrons. The predicted octanol–water partition coefficient (Wildman–Crippen LogP) is 1.88. The summed E-state index contributed by atoms with van der Waals surface area (Å²) >= 11 is 0. The quantitative estimate of drug-likeness (QED) is 0.583. The normalized spacial score (nSPS) is 10.6. The number of anilines is 2. The summed E-state index contributed by atoms with van der Waals surface area (Å²) in [6.07, 6.45) is 5.79. The molecule has 3 rings (SSSR count). The van der Waals surface area contributed by atoms with Gasteiger partial charge in [0.25, 0.3) is 0 Å². The lowest BCUT2D eigenvalue weighted by atomic mass is 10.1. The minimum atomic E-state index is -0.550. The van der Waals surface area contributed by atoms with Crippen molar-refractivity contribution in [3.8, 4) is 29.1 Å². The number of nitrogen functional groups attached to an aromatic ring is 2. The minimum Gasteiger partial charge on any atom is -0.493 e. The molecule has 0 spiro atoms. The molecule has 1 atom stereocenters. The van der Waals surface area contributed by atoms with Crippen LogP contribution < -0.4 is 25.7 Å². The summed E-state index contributed by atoms with van der Waals surface area (Å²) in [4.78, 5) is 15.1. The van der Waals surface area contributed by atoms with Crippen molar-refractivity contribution in [2.75, 3.05) is 39.9 Å². The van der Waals surface area contributed by atoms with Crippen LogP contribution in [0.4, 0.5) is 11.8 Å². The van der Waals surface area contributed by atoms with Crippen molar-refractivity contribution in [2.45, 2.75) is 6.10 Å². The number of ether oxygens (including phenoxy) is 4. The molecular weight excluding hydrogens is 400 g/mol. The highest BCUT2D eigenvalue weighted by Crippen LogP contribution is 2.40. The van der Waals surface area contributed by atoms with E-state index in [0.29, 0.717) is 22.8 Å². The smallest absolute Gasteiger partial charge is 0.221 e. The molecule has 1 aromatic carbocycles. The van der Waals surface area contributed by atoms with Gasteiger partial charge in [-0.1, -0.05) is 11.8 Å². The maximum atomic E-state index is 5.79. The zero-order valence-electron chi connectivity index (χ0n) is 17.7. The Morgan fingerprint density at radius 3 is 2.00 bits per heavy atom. The maximum Gasteiger partial charge on any atom is 0.221 e. The Hall–Kier alpha value is -4.10. The van der Waals surface area contributed by atoms with Crippen LogP contribution in [-0.4, -0.2) is 48.4 Å². The van der Waals surface area contributed by atoms with E-state index < -0.39 is 6.10 Å². The Kier molecular flexibility index (Phi) is 8.82. The third kappa shape index (κ3) is 6.45. The first kappa shape index (κ1) is 23.2. The SMILES string of the molecule is COc1cc(C(C#Cc2cnc(N)nc2N)OC)cc(OC)c1OC.c1cncnc1. The fourth-order valence-electron chi connectivity index (χ4n) is 2.43. The molecule has 4 N–H and O–H groups in total. The lowest BCUT2D eigenvalue weighted by Crippen LogP contribution is -2.03. The van der Waals surface area contributed by atoms with E-state index in [2.05, 4.69) is 31.8 Å². The van der Waals surface area contributed by atoms with E-state index in [0.717, 1.165) is 5.56 Å². The van der Waals surface area contributed by atoms with Gasteiger partial charge in [-0.15, -0.1) is 0 Å². The molecule has 0 aliphatic heterocycles. The number of rotatable bonds is 5. The standard InChI is InChI=1S/C17H20N4O4.C4H4N2/c1-22-12(6-5-10-9-20-17(19)21-16(10)18)11-7-13(23-2)15(25-4)14(8-11)24-3;1-2-5-4-6-3-1/h7-9,12H,1-4H3,(H4,18,19,20,21);1-4H. The van der Waals surface area contributed by atoms with Crippen LogP contribution in [0, 0.1) is 11.8 Å². The van der Waals surface area contributed by atoms with Crippen LogP contribution in [0.3, 0.4) is 0 Å². The predicted molar refractivity (Wildman–Crippen MR) is 116 cm³/mol. The molecule has 0 saturated carbocycles. The van der Waals surface area contributed by atoms with E-state index in [1.54, 1.807) is 51.9 Å². The summed E-state index contributed by atoms with van der Waals surface area (Å²) in [6.45, 7) is 0. The molecule has 0 bridgehead atoms. The zero-order valence-corrected chi connectivity index (χ0v) is 17.7. The van der Waals surface area contributed by atoms with Gasteiger partial charge in [-0.05, 0) is 18.2 Å². The second-order valence-corrected chi connectivity index (χ2v) is 5.78. The second-order valence-electron chi connectivity index (χ2n) is 5.78. The van der Waals surface area contributed by atoms with Crippen LogP contribution in [0.2, 0.25) is 0 Å². The highest BCUT2D eigenvalue weighted by molar-refractivity contribution is 5.56. The molecule has 0 aliphatic carbocycles. The van der Waals surface area contributed by atoms with Crippen LogP contribution in [-0.2, 0) is 4.74 Å². The van der Waals surface area contributed by atoms with Crippen LogP contribution >= 0.6 is 0 Å². The van der Waals surface area contributed by atoms with E-state index in [-0.39, 0.29) is 11.8 Å². The van der Waals surface area contributed by atoms with Gasteiger partial charge >= 0.3 is 0 Å². The Morgan fingerprint density at radius 1 is 0.935 bits per heavy atom. The van der Waals surface area contributed by atoms with Crippen molar-refractivity contribution in [3.63, 3.8) is 0 Å². The molecule has 10 nitrogen and oxygen atoms in total. The Labute approximate surface area is 180 Å². The number of hydrogen-bond donors (Lipinski definition) is 2. The van der Waals surface area contributed by atoms with Crippen LogP contribution in [0.1, 0.15) is 17.2 Å². The molecule has 2 heterocycles. The van der Waals surface area contributed by atoms with Gasteiger partial charge in [-0.3, -0.25) is 0 Å². The van der Waals surface area contributed by atoms with Gasteiger partial charge in [0.15, 0.2) is 11.5 Å². The summed E-state index contributed by atoms with van der Waals surface area (Å²) in [7, 11) is 6.17. The van der Waals surface area contributed by atoms with E-state index in [9.17, 15) is 0 Å². The van der Waals surface area contributed by atoms with Crippen molar-refractivity contribution in [1.29, 1.82) is 0 Å². The van der Waals surface area contributed by atoms with Gasteiger partial charge in [0, 0.05) is 25.1 Å². The molecule has 1 unspecified atom stereocenters. The average molecular weight is 424 g/mol. The highest BCUT2D eigenvalue weighted by Gasteiger charge is 2.17. The largest absolute Gasteiger partial charge is 0.493 e. The van der Waals surface area contributed by atoms with Crippen LogP contribution in [0.25, 0.3) is 0 Å². The first-order chi connectivity index (χ1) is 15.0. The number of nitrogens with zero attached hydrogens (tertiary/aromatic N) is 4. The number of methoxy groups -OCH3 is 4. The van der Waals surface area contributed by atoms with Crippen molar-refractivity contribution < 1.29 is 18.9 Å². The van der Waals surface area contributed by atoms with Gasteiger partial charge in [0.1, 0.15) is 18.2 Å². The summed E-state index contributed by atoms with van der Waals surface area (Å²) in [5.41, 5.74) is 12.5. The van der Waals surface area contributed by atoms with Gasteiger partial charge < -0.3 is 30.4 Å². The van der Waals surface area contributed by atoms with Crippen LogP contribution in [0.15, 0.2) is 43.1 Å². The molecule has 10 heteroatoms. The Balaban J connectivity index is 0.000000488. The van der Waals surface area contributed by atoms with Gasteiger partial charge in [-0.25, -0.2) is 15.0 Å². The fourth-order valence-corrected chi connectivity index (χ4v) is 2.43.